The molecule has 0 unspecified atom stereocenters. The molecule has 1 saturated heterocycles. The highest BCUT2D eigenvalue weighted by atomic mass is 16.5. The van der Waals surface area contributed by atoms with Crippen molar-refractivity contribution in [3.8, 4) is 5.75 Å². The second-order valence-corrected chi connectivity index (χ2v) is 5.27. The van der Waals surface area contributed by atoms with Gasteiger partial charge in [-0.25, -0.2) is 0 Å². The van der Waals surface area contributed by atoms with E-state index in [1.807, 2.05) is 38.1 Å². The van der Waals surface area contributed by atoms with Gasteiger partial charge in [-0.3, -0.25) is 9.59 Å². The number of hydrogen-bond acceptors (Lipinski definition) is 3. The van der Waals surface area contributed by atoms with Gasteiger partial charge < -0.3 is 15.0 Å². The van der Waals surface area contributed by atoms with E-state index in [2.05, 4.69) is 5.32 Å². The summed E-state index contributed by atoms with van der Waals surface area (Å²) in [6, 6.07) is 7.23. The van der Waals surface area contributed by atoms with E-state index in [9.17, 15) is 9.59 Å². The topological polar surface area (TPSA) is 58.6 Å². The van der Waals surface area contributed by atoms with Gasteiger partial charge in [0.05, 0.1) is 13.2 Å². The summed E-state index contributed by atoms with van der Waals surface area (Å²) in [7, 11) is 1.60. The second kappa shape index (κ2) is 5.94. The molecule has 0 bridgehead atoms. The number of carbonyl (C=O) groups excluding carboxylic acids is 2. The first-order valence-electron chi connectivity index (χ1n) is 6.76. The highest BCUT2D eigenvalue weighted by Gasteiger charge is 2.31. The predicted molar refractivity (Wildman–Crippen MR) is 76.7 cm³/mol. The number of anilines is 1. The molecular weight excluding hydrogens is 256 g/mol. The smallest absolute Gasteiger partial charge is 0.229 e. The molecule has 1 N–H and O–H groups in total. The highest BCUT2D eigenvalue weighted by Crippen LogP contribution is 2.24. The van der Waals surface area contributed by atoms with Crippen LogP contribution in [0.4, 0.5) is 5.69 Å². The van der Waals surface area contributed by atoms with Crippen LogP contribution >= 0.6 is 0 Å². The molecule has 1 heterocycles. The van der Waals surface area contributed by atoms with E-state index >= 15 is 0 Å². The average Bonchev–Trinajstić information content (AvgIpc) is 2.79. The molecule has 108 valence electrons. The number of benzene rings is 1. The maximum Gasteiger partial charge on any atom is 0.229 e. The van der Waals surface area contributed by atoms with Gasteiger partial charge in [0.2, 0.25) is 11.8 Å². The van der Waals surface area contributed by atoms with Crippen LogP contribution < -0.4 is 15.0 Å². The summed E-state index contributed by atoms with van der Waals surface area (Å²) in [6.07, 6.45) is 0.352. The van der Waals surface area contributed by atoms with Gasteiger partial charge in [-0.2, -0.15) is 0 Å². The third kappa shape index (κ3) is 3.10. The highest BCUT2D eigenvalue weighted by molar-refractivity contribution is 5.97. The summed E-state index contributed by atoms with van der Waals surface area (Å²) < 4.78 is 5.10. The molecule has 1 atom stereocenters. The maximum absolute atomic E-state index is 12.0. The monoisotopic (exact) mass is 276 g/mol. The summed E-state index contributed by atoms with van der Waals surface area (Å²) in [4.78, 5) is 25.4. The van der Waals surface area contributed by atoms with Gasteiger partial charge in [0.1, 0.15) is 5.75 Å². The van der Waals surface area contributed by atoms with Crippen molar-refractivity contribution in [3.05, 3.63) is 24.3 Å². The molecule has 5 heteroatoms. The number of amides is 2. The van der Waals surface area contributed by atoms with Gasteiger partial charge in [0.25, 0.3) is 0 Å². The van der Waals surface area contributed by atoms with Crippen molar-refractivity contribution >= 4 is 17.5 Å². The molecule has 1 aromatic carbocycles. The number of nitrogens with zero attached hydrogens (tertiary/aromatic N) is 1. The Kier molecular flexibility index (Phi) is 4.27. The molecule has 1 fully saturated rings. The van der Waals surface area contributed by atoms with Crippen LogP contribution in [0.3, 0.4) is 0 Å². The van der Waals surface area contributed by atoms with E-state index in [1.54, 1.807) is 12.0 Å². The van der Waals surface area contributed by atoms with Crippen LogP contribution in [0.2, 0.25) is 0 Å². The van der Waals surface area contributed by atoms with Crippen molar-refractivity contribution in [1.82, 2.24) is 5.32 Å². The molecule has 20 heavy (non-hydrogen) atoms. The lowest BCUT2D eigenvalue weighted by molar-refractivity contribution is -0.124. The van der Waals surface area contributed by atoms with Crippen LogP contribution in [0.25, 0.3) is 0 Å². The molecule has 5 nitrogen and oxygen atoms in total. The Balaban J connectivity index is 2.03. The van der Waals surface area contributed by atoms with Crippen LogP contribution in [-0.2, 0) is 9.59 Å². The third-order valence-electron chi connectivity index (χ3n) is 3.38. The first-order chi connectivity index (χ1) is 9.51. The van der Waals surface area contributed by atoms with E-state index in [-0.39, 0.29) is 23.8 Å². The number of nitrogens with one attached hydrogen (secondary N) is 1. The Labute approximate surface area is 118 Å². The Bertz CT molecular complexity index is 496. The molecule has 0 saturated carbocycles. The minimum absolute atomic E-state index is 0.0145. The van der Waals surface area contributed by atoms with E-state index in [1.165, 1.54) is 0 Å². The SMILES string of the molecule is COc1ccc(N2C[C@H](NC(=O)C(C)C)CC2=O)cc1. The summed E-state index contributed by atoms with van der Waals surface area (Å²) in [5.74, 6) is 0.703. The van der Waals surface area contributed by atoms with Crippen molar-refractivity contribution in [2.24, 2.45) is 5.92 Å². The number of carbonyl (C=O) groups is 2. The Hall–Kier alpha value is -2.04. The molecule has 0 aromatic heterocycles. The van der Waals surface area contributed by atoms with Gasteiger partial charge in [0.15, 0.2) is 0 Å². The predicted octanol–water partition coefficient (Wildman–Crippen LogP) is 1.57. The second-order valence-electron chi connectivity index (χ2n) is 5.27. The average molecular weight is 276 g/mol. The van der Waals surface area contributed by atoms with Gasteiger partial charge in [-0.15, -0.1) is 0 Å². The quantitative estimate of drug-likeness (QED) is 0.908. The van der Waals surface area contributed by atoms with Crippen LogP contribution in [0.5, 0.6) is 5.75 Å². The van der Waals surface area contributed by atoms with E-state index < -0.39 is 0 Å². The summed E-state index contributed by atoms with van der Waals surface area (Å²) in [5.41, 5.74) is 0.831. The van der Waals surface area contributed by atoms with E-state index in [0.29, 0.717) is 13.0 Å². The lowest BCUT2D eigenvalue weighted by Crippen LogP contribution is -2.39. The Morgan fingerprint density at radius 2 is 2.00 bits per heavy atom. The number of ether oxygens (including phenoxy) is 1. The summed E-state index contributed by atoms with van der Waals surface area (Å²) >= 11 is 0. The molecule has 1 aliphatic heterocycles. The molecule has 2 rings (SSSR count). The van der Waals surface area contributed by atoms with Crippen LogP contribution in [-0.4, -0.2) is 31.5 Å². The molecule has 2 amide bonds. The summed E-state index contributed by atoms with van der Waals surface area (Å²) in [6.45, 7) is 4.20. The van der Waals surface area contributed by atoms with Gasteiger partial charge in [-0.05, 0) is 24.3 Å². The number of hydrogen-bond donors (Lipinski definition) is 1. The molecular formula is C15H20N2O3. The first-order valence-corrected chi connectivity index (χ1v) is 6.76. The van der Waals surface area contributed by atoms with Crippen molar-refractivity contribution in [2.45, 2.75) is 26.3 Å². The molecule has 1 aliphatic rings. The fourth-order valence-electron chi connectivity index (χ4n) is 2.18. The molecule has 1 aromatic rings. The zero-order chi connectivity index (χ0) is 14.7. The fourth-order valence-corrected chi connectivity index (χ4v) is 2.18. The first kappa shape index (κ1) is 14.4. The molecule has 0 radical (unpaired) electrons. The van der Waals surface area contributed by atoms with Crippen LogP contribution in [0.1, 0.15) is 20.3 Å². The number of rotatable bonds is 4. The summed E-state index contributed by atoms with van der Waals surface area (Å²) in [5, 5.41) is 2.90. The minimum Gasteiger partial charge on any atom is -0.497 e. The third-order valence-corrected chi connectivity index (χ3v) is 3.38. The van der Waals surface area contributed by atoms with Crippen molar-refractivity contribution in [3.63, 3.8) is 0 Å². The maximum atomic E-state index is 12.0. The van der Waals surface area contributed by atoms with E-state index in [0.717, 1.165) is 11.4 Å². The standard InChI is InChI=1S/C15H20N2O3/c1-10(2)15(19)16-11-8-14(18)17(9-11)12-4-6-13(20-3)7-5-12/h4-7,10-11H,8-9H2,1-3H3,(H,16,19)/t11-/m1/s1. The van der Waals surface area contributed by atoms with Gasteiger partial charge in [0, 0.05) is 24.6 Å². The van der Waals surface area contributed by atoms with Crippen molar-refractivity contribution in [1.29, 1.82) is 0 Å². The van der Waals surface area contributed by atoms with Crippen LogP contribution in [0.15, 0.2) is 24.3 Å². The normalized spacial score (nSPS) is 18.5. The van der Waals surface area contributed by atoms with Crippen LogP contribution in [0, 0.1) is 5.92 Å². The molecule has 0 aliphatic carbocycles. The zero-order valence-corrected chi connectivity index (χ0v) is 12.1. The van der Waals surface area contributed by atoms with Crippen molar-refractivity contribution < 1.29 is 14.3 Å². The lowest BCUT2D eigenvalue weighted by Gasteiger charge is -2.18. The Morgan fingerprint density at radius 3 is 2.55 bits per heavy atom. The lowest BCUT2D eigenvalue weighted by atomic mass is 10.2. The van der Waals surface area contributed by atoms with Crippen molar-refractivity contribution in [2.75, 3.05) is 18.6 Å². The fraction of sp³-hybridized carbons (Fsp3) is 0.467. The largest absolute Gasteiger partial charge is 0.497 e. The molecule has 0 spiro atoms. The van der Waals surface area contributed by atoms with Gasteiger partial charge >= 0.3 is 0 Å². The van der Waals surface area contributed by atoms with Gasteiger partial charge in [-0.1, -0.05) is 13.8 Å². The van der Waals surface area contributed by atoms with E-state index in [4.69, 9.17) is 4.74 Å². The minimum atomic E-state index is -0.112. The number of methoxy groups -OCH3 is 1. The zero-order valence-electron chi connectivity index (χ0n) is 12.1. The Morgan fingerprint density at radius 1 is 1.35 bits per heavy atom.